The van der Waals surface area contributed by atoms with E-state index in [0.29, 0.717) is 29.4 Å². The van der Waals surface area contributed by atoms with E-state index in [1.165, 1.54) is 10.5 Å². The van der Waals surface area contributed by atoms with Crippen LogP contribution in [0.5, 0.6) is 5.75 Å². The van der Waals surface area contributed by atoms with Crippen molar-refractivity contribution in [3.8, 4) is 5.75 Å². The number of hydrogen-bond donors (Lipinski definition) is 1. The summed E-state index contributed by atoms with van der Waals surface area (Å²) >= 11 is 0. The average molecular weight is 605 g/mol. The number of carbonyl (C=O) groups excluding carboxylic acids is 4. The molecule has 1 saturated carbocycles. The molecule has 0 spiro atoms. The first-order valence-electron chi connectivity index (χ1n) is 15.6. The van der Waals surface area contributed by atoms with E-state index in [-0.39, 0.29) is 37.3 Å². The molecule has 0 bridgehead atoms. The number of amides is 3. The highest BCUT2D eigenvalue weighted by Crippen LogP contribution is 2.34. The molecule has 3 aliphatic rings. The van der Waals surface area contributed by atoms with Gasteiger partial charge in [0, 0.05) is 55.7 Å². The van der Waals surface area contributed by atoms with Gasteiger partial charge in [0.05, 0.1) is 6.54 Å². The maximum absolute atomic E-state index is 13.3. The zero-order valence-corrected chi connectivity index (χ0v) is 26.2. The number of nitrogens with two attached hydrogens (primary N) is 1. The van der Waals surface area contributed by atoms with Crippen molar-refractivity contribution in [1.29, 1.82) is 0 Å². The van der Waals surface area contributed by atoms with Gasteiger partial charge in [0.1, 0.15) is 24.0 Å². The molecule has 236 valence electrons. The number of benzene rings is 2. The summed E-state index contributed by atoms with van der Waals surface area (Å²) in [4.78, 5) is 56.1. The fraction of sp³-hybridized carbons (Fsp3) is 0.529. The summed E-state index contributed by atoms with van der Waals surface area (Å²) in [6, 6.07) is 12.9. The lowest BCUT2D eigenvalue weighted by Gasteiger charge is -2.38. The van der Waals surface area contributed by atoms with E-state index >= 15 is 0 Å². The van der Waals surface area contributed by atoms with Crippen molar-refractivity contribution in [1.82, 2.24) is 14.7 Å². The second-order valence-electron chi connectivity index (χ2n) is 13.1. The van der Waals surface area contributed by atoms with Crippen molar-refractivity contribution in [2.75, 3.05) is 26.2 Å². The zero-order valence-electron chi connectivity index (χ0n) is 26.2. The maximum Gasteiger partial charge on any atom is 0.306 e. The molecule has 0 unspecified atom stereocenters. The predicted molar refractivity (Wildman–Crippen MR) is 164 cm³/mol. The van der Waals surface area contributed by atoms with E-state index in [2.05, 4.69) is 36.1 Å². The quantitative estimate of drug-likeness (QED) is 0.387. The van der Waals surface area contributed by atoms with E-state index in [0.717, 1.165) is 44.6 Å². The van der Waals surface area contributed by atoms with Crippen LogP contribution in [-0.4, -0.2) is 76.2 Å². The van der Waals surface area contributed by atoms with Gasteiger partial charge in [-0.1, -0.05) is 30.3 Å². The number of carbonyl (C=O) groups is 4. The lowest BCUT2D eigenvalue weighted by Crippen LogP contribution is -2.49. The van der Waals surface area contributed by atoms with Crippen molar-refractivity contribution in [3.05, 3.63) is 64.7 Å². The predicted octanol–water partition coefficient (Wildman–Crippen LogP) is 3.81. The van der Waals surface area contributed by atoms with E-state index in [1.807, 2.05) is 11.0 Å². The Morgan fingerprint density at radius 3 is 2.30 bits per heavy atom. The lowest BCUT2D eigenvalue weighted by atomic mass is 10.0. The SMILES string of the molecule is C[C@H](c1ccc(COc2cccc3c2CN([C@@H](CCC(=O)OC(C)(C)C)C(N)=O)C3=O)cc1)N1CCN(C(=O)C2CC2)CC1. The van der Waals surface area contributed by atoms with Crippen molar-refractivity contribution in [2.45, 2.75) is 84.2 Å². The highest BCUT2D eigenvalue weighted by molar-refractivity contribution is 6.01. The second kappa shape index (κ2) is 13.0. The van der Waals surface area contributed by atoms with Crippen LogP contribution >= 0.6 is 0 Å². The largest absolute Gasteiger partial charge is 0.489 e. The van der Waals surface area contributed by atoms with Gasteiger partial charge in [-0.3, -0.25) is 24.1 Å². The fourth-order valence-electron chi connectivity index (χ4n) is 5.99. The first kappa shape index (κ1) is 31.5. The Morgan fingerprint density at radius 2 is 1.68 bits per heavy atom. The van der Waals surface area contributed by atoms with Crippen LogP contribution in [0.2, 0.25) is 0 Å². The van der Waals surface area contributed by atoms with Gasteiger partial charge < -0.3 is 25.0 Å². The zero-order chi connectivity index (χ0) is 31.6. The maximum atomic E-state index is 13.3. The molecule has 44 heavy (non-hydrogen) atoms. The summed E-state index contributed by atoms with van der Waals surface area (Å²) in [5.74, 6) is -0.249. The van der Waals surface area contributed by atoms with Crippen LogP contribution in [0.15, 0.2) is 42.5 Å². The number of nitrogens with zero attached hydrogens (tertiary/aromatic N) is 3. The van der Waals surface area contributed by atoms with Gasteiger partial charge in [-0.25, -0.2) is 0 Å². The highest BCUT2D eigenvalue weighted by Gasteiger charge is 2.38. The third kappa shape index (κ3) is 7.41. The lowest BCUT2D eigenvalue weighted by molar-refractivity contribution is -0.155. The van der Waals surface area contributed by atoms with Crippen molar-refractivity contribution in [2.24, 2.45) is 11.7 Å². The van der Waals surface area contributed by atoms with Crippen LogP contribution < -0.4 is 10.5 Å². The van der Waals surface area contributed by atoms with Crippen molar-refractivity contribution >= 4 is 23.7 Å². The summed E-state index contributed by atoms with van der Waals surface area (Å²) in [5, 5.41) is 0. The second-order valence-corrected chi connectivity index (χ2v) is 13.1. The molecule has 10 nitrogen and oxygen atoms in total. The Hall–Kier alpha value is -3.92. The number of piperazine rings is 1. The molecule has 2 N–H and O–H groups in total. The molecule has 3 amide bonds. The number of rotatable bonds is 11. The van der Waals surface area contributed by atoms with Crippen LogP contribution in [0.25, 0.3) is 0 Å². The van der Waals surface area contributed by atoms with Gasteiger partial charge in [0.15, 0.2) is 0 Å². The van der Waals surface area contributed by atoms with Gasteiger partial charge in [-0.05, 0) is 70.2 Å². The molecule has 0 radical (unpaired) electrons. The summed E-state index contributed by atoms with van der Waals surface area (Å²) in [6.07, 6.45) is 2.14. The number of esters is 1. The molecular weight excluding hydrogens is 560 g/mol. The molecule has 0 aromatic heterocycles. The molecule has 2 heterocycles. The highest BCUT2D eigenvalue weighted by atomic mass is 16.6. The third-order valence-corrected chi connectivity index (χ3v) is 8.66. The summed E-state index contributed by atoms with van der Waals surface area (Å²) in [5.41, 5.74) is 8.40. The van der Waals surface area contributed by atoms with Gasteiger partial charge in [0.2, 0.25) is 11.8 Å². The van der Waals surface area contributed by atoms with Crippen LogP contribution in [-0.2, 0) is 32.3 Å². The summed E-state index contributed by atoms with van der Waals surface area (Å²) in [6.45, 7) is 11.3. The minimum Gasteiger partial charge on any atom is -0.489 e. The Balaban J connectivity index is 1.17. The van der Waals surface area contributed by atoms with E-state index in [1.54, 1.807) is 32.9 Å². The molecule has 2 fully saturated rings. The van der Waals surface area contributed by atoms with Crippen LogP contribution in [0.3, 0.4) is 0 Å². The molecule has 10 heteroatoms. The molecule has 1 saturated heterocycles. The smallest absolute Gasteiger partial charge is 0.306 e. The topological polar surface area (TPSA) is 122 Å². The van der Waals surface area contributed by atoms with Crippen LogP contribution in [0, 0.1) is 5.92 Å². The number of fused-ring (bicyclic) bond motifs is 1. The minimum atomic E-state index is -0.938. The van der Waals surface area contributed by atoms with E-state index < -0.39 is 23.5 Å². The Labute approximate surface area is 259 Å². The van der Waals surface area contributed by atoms with E-state index in [4.69, 9.17) is 15.2 Å². The Morgan fingerprint density at radius 1 is 1.00 bits per heavy atom. The fourth-order valence-corrected chi connectivity index (χ4v) is 5.99. The first-order valence-corrected chi connectivity index (χ1v) is 15.6. The molecular formula is C34H44N4O6. The molecule has 2 aromatic carbocycles. The monoisotopic (exact) mass is 604 g/mol. The molecule has 2 atom stereocenters. The number of hydrogen-bond acceptors (Lipinski definition) is 7. The number of ether oxygens (including phenoxy) is 2. The van der Waals surface area contributed by atoms with Crippen LogP contribution in [0.4, 0.5) is 0 Å². The summed E-state index contributed by atoms with van der Waals surface area (Å²) < 4.78 is 11.5. The standard InChI is InChI=1S/C34H44N4O6/c1-22(36-16-18-37(19-17-36)32(41)25-12-13-25)24-10-8-23(9-11-24)21-43-29-7-5-6-26-27(29)20-38(33(26)42)28(31(35)40)14-15-30(39)44-34(2,3)4/h5-11,22,25,28H,12-21H2,1-4H3,(H2,35,40)/t22-,28+/m1/s1. The Kier molecular flexibility index (Phi) is 9.29. The van der Waals surface area contributed by atoms with Gasteiger partial charge >= 0.3 is 5.97 Å². The summed E-state index contributed by atoms with van der Waals surface area (Å²) in [7, 11) is 0. The van der Waals surface area contributed by atoms with Gasteiger partial charge in [-0.2, -0.15) is 0 Å². The van der Waals surface area contributed by atoms with Crippen molar-refractivity contribution in [3.63, 3.8) is 0 Å². The third-order valence-electron chi connectivity index (χ3n) is 8.66. The molecule has 2 aromatic rings. The minimum absolute atomic E-state index is 0.0285. The molecule has 2 aliphatic heterocycles. The molecule has 5 rings (SSSR count). The Bertz CT molecular complexity index is 1390. The van der Waals surface area contributed by atoms with Gasteiger partial charge in [0.25, 0.3) is 5.91 Å². The van der Waals surface area contributed by atoms with E-state index in [9.17, 15) is 19.2 Å². The average Bonchev–Trinajstić information content (AvgIpc) is 3.79. The normalized spacial score (nSPS) is 18.5. The molecule has 1 aliphatic carbocycles. The first-order chi connectivity index (χ1) is 20.9. The van der Waals surface area contributed by atoms with Crippen LogP contribution in [0.1, 0.15) is 86.5 Å². The van der Waals surface area contributed by atoms with Gasteiger partial charge in [-0.15, -0.1) is 0 Å². The van der Waals surface area contributed by atoms with Crippen molar-refractivity contribution < 1.29 is 28.7 Å². The number of primary amides is 1.